The Balaban J connectivity index is 2.01. The molecule has 94 valence electrons. The van der Waals surface area contributed by atoms with Gasteiger partial charge in [0.1, 0.15) is 0 Å². The second-order valence-corrected chi connectivity index (χ2v) is 5.34. The van der Waals surface area contributed by atoms with E-state index in [4.69, 9.17) is 17.3 Å². The summed E-state index contributed by atoms with van der Waals surface area (Å²) < 4.78 is 0. The molecule has 3 nitrogen and oxygen atoms in total. The first kappa shape index (κ1) is 12.5. The first-order chi connectivity index (χ1) is 8.08. The first-order valence-electron chi connectivity index (χ1n) is 6.05. The lowest BCUT2D eigenvalue weighted by molar-refractivity contribution is 0.399. The van der Waals surface area contributed by atoms with Crippen molar-refractivity contribution in [3.8, 4) is 0 Å². The van der Waals surface area contributed by atoms with Crippen LogP contribution in [-0.4, -0.2) is 31.6 Å². The summed E-state index contributed by atoms with van der Waals surface area (Å²) in [4.78, 5) is 2.36. The van der Waals surface area contributed by atoms with Crippen LogP contribution in [-0.2, 0) is 0 Å². The fourth-order valence-electron chi connectivity index (χ4n) is 2.38. The molecule has 1 aromatic rings. The van der Waals surface area contributed by atoms with E-state index in [0.29, 0.717) is 5.92 Å². The van der Waals surface area contributed by atoms with E-state index < -0.39 is 0 Å². The third-order valence-electron chi connectivity index (χ3n) is 3.49. The molecule has 1 fully saturated rings. The van der Waals surface area contributed by atoms with Crippen LogP contribution in [0.2, 0.25) is 5.02 Å². The van der Waals surface area contributed by atoms with Crippen molar-refractivity contribution in [3.05, 3.63) is 22.7 Å². The topological polar surface area (TPSA) is 41.3 Å². The summed E-state index contributed by atoms with van der Waals surface area (Å²) in [5.74, 6) is 0.706. The summed E-state index contributed by atoms with van der Waals surface area (Å²) in [6.07, 6.45) is 1.25. The molecule has 1 aliphatic heterocycles. The Morgan fingerprint density at radius 2 is 2.29 bits per heavy atom. The van der Waals surface area contributed by atoms with Crippen LogP contribution in [0, 0.1) is 12.8 Å². The molecule has 1 unspecified atom stereocenters. The van der Waals surface area contributed by atoms with Crippen molar-refractivity contribution in [3.63, 3.8) is 0 Å². The number of hydrogen-bond donors (Lipinski definition) is 2. The van der Waals surface area contributed by atoms with Gasteiger partial charge in [0.25, 0.3) is 0 Å². The molecule has 4 heteroatoms. The first-order valence-corrected chi connectivity index (χ1v) is 6.42. The van der Waals surface area contributed by atoms with Gasteiger partial charge in [-0.05, 0) is 50.6 Å². The molecule has 1 aliphatic rings. The molecule has 1 aromatic carbocycles. The lowest BCUT2D eigenvalue weighted by atomic mass is 10.1. The van der Waals surface area contributed by atoms with E-state index in [1.165, 1.54) is 13.0 Å². The molecular formula is C13H20ClN3. The number of nitrogens with two attached hydrogens (primary N) is 1. The van der Waals surface area contributed by atoms with Crippen molar-refractivity contribution in [2.45, 2.75) is 13.3 Å². The normalized spacial score (nSPS) is 20.8. The molecule has 0 bridgehead atoms. The largest absolute Gasteiger partial charge is 0.397 e. The number of anilines is 2. The Bertz CT molecular complexity index is 406. The van der Waals surface area contributed by atoms with E-state index in [9.17, 15) is 0 Å². The number of hydrogen-bond acceptors (Lipinski definition) is 3. The molecule has 0 radical (unpaired) electrons. The van der Waals surface area contributed by atoms with E-state index in [0.717, 1.165) is 35.1 Å². The van der Waals surface area contributed by atoms with Gasteiger partial charge in [-0.1, -0.05) is 11.6 Å². The van der Waals surface area contributed by atoms with E-state index in [2.05, 4.69) is 17.3 Å². The lowest BCUT2D eigenvalue weighted by Gasteiger charge is -2.16. The summed E-state index contributed by atoms with van der Waals surface area (Å²) in [7, 11) is 2.17. The maximum atomic E-state index is 6.10. The minimum Gasteiger partial charge on any atom is -0.397 e. The number of halogens is 1. The van der Waals surface area contributed by atoms with Gasteiger partial charge in [-0.15, -0.1) is 0 Å². The van der Waals surface area contributed by atoms with Gasteiger partial charge in [0, 0.05) is 18.1 Å². The monoisotopic (exact) mass is 253 g/mol. The van der Waals surface area contributed by atoms with Crippen molar-refractivity contribution in [1.29, 1.82) is 0 Å². The number of nitrogens with zero attached hydrogens (tertiary/aromatic N) is 1. The number of benzene rings is 1. The third kappa shape index (κ3) is 2.85. The smallest absolute Gasteiger partial charge is 0.0618 e. The fourth-order valence-corrected chi connectivity index (χ4v) is 2.54. The molecule has 3 N–H and O–H groups in total. The predicted octanol–water partition coefficient (Wildman–Crippen LogP) is 2.59. The van der Waals surface area contributed by atoms with Gasteiger partial charge < -0.3 is 16.0 Å². The SMILES string of the molecule is Cc1c(Cl)ccc(N)c1NCC1CCN(C)C1. The highest BCUT2D eigenvalue weighted by atomic mass is 35.5. The van der Waals surface area contributed by atoms with Crippen LogP contribution < -0.4 is 11.1 Å². The van der Waals surface area contributed by atoms with Gasteiger partial charge in [0.05, 0.1) is 11.4 Å². The maximum absolute atomic E-state index is 6.10. The zero-order valence-electron chi connectivity index (χ0n) is 10.5. The highest BCUT2D eigenvalue weighted by Gasteiger charge is 2.19. The van der Waals surface area contributed by atoms with E-state index in [1.54, 1.807) is 0 Å². The molecular weight excluding hydrogens is 234 g/mol. The van der Waals surface area contributed by atoms with Crippen molar-refractivity contribution >= 4 is 23.0 Å². The molecule has 17 heavy (non-hydrogen) atoms. The summed E-state index contributed by atoms with van der Waals surface area (Å²) in [5, 5.41) is 4.22. The summed E-state index contributed by atoms with van der Waals surface area (Å²) in [5.41, 5.74) is 8.78. The Labute approximate surface area is 108 Å². The minimum absolute atomic E-state index is 0.706. The highest BCUT2D eigenvalue weighted by Crippen LogP contribution is 2.29. The van der Waals surface area contributed by atoms with Gasteiger partial charge in [-0.2, -0.15) is 0 Å². The van der Waals surface area contributed by atoms with Crippen molar-refractivity contribution < 1.29 is 0 Å². The Morgan fingerprint density at radius 3 is 2.94 bits per heavy atom. The van der Waals surface area contributed by atoms with Crippen molar-refractivity contribution in [2.75, 3.05) is 37.7 Å². The van der Waals surface area contributed by atoms with Crippen LogP contribution in [0.3, 0.4) is 0 Å². The number of rotatable bonds is 3. The van der Waals surface area contributed by atoms with E-state index in [-0.39, 0.29) is 0 Å². The zero-order chi connectivity index (χ0) is 12.4. The molecule has 1 atom stereocenters. The molecule has 0 aliphatic carbocycles. The van der Waals surface area contributed by atoms with Gasteiger partial charge in [0.15, 0.2) is 0 Å². The molecule has 0 spiro atoms. The van der Waals surface area contributed by atoms with Crippen molar-refractivity contribution in [1.82, 2.24) is 4.90 Å². The maximum Gasteiger partial charge on any atom is 0.0618 e. The van der Waals surface area contributed by atoms with Crippen LogP contribution in [0.25, 0.3) is 0 Å². The predicted molar refractivity (Wildman–Crippen MR) is 74.7 cm³/mol. The van der Waals surface area contributed by atoms with Gasteiger partial charge in [-0.3, -0.25) is 0 Å². The average Bonchev–Trinajstić information content (AvgIpc) is 2.70. The second-order valence-electron chi connectivity index (χ2n) is 4.93. The fraction of sp³-hybridized carbons (Fsp3) is 0.538. The van der Waals surface area contributed by atoms with Crippen LogP contribution in [0.4, 0.5) is 11.4 Å². The van der Waals surface area contributed by atoms with Crippen LogP contribution in [0.1, 0.15) is 12.0 Å². The van der Waals surface area contributed by atoms with E-state index in [1.807, 2.05) is 19.1 Å². The second kappa shape index (κ2) is 5.15. The highest BCUT2D eigenvalue weighted by molar-refractivity contribution is 6.31. The number of nitrogens with one attached hydrogen (secondary N) is 1. The average molecular weight is 254 g/mol. The molecule has 0 amide bonds. The standard InChI is InChI=1S/C13H20ClN3/c1-9-11(14)3-4-12(15)13(9)16-7-10-5-6-17(2)8-10/h3-4,10,16H,5-8,15H2,1-2H3. The van der Waals surface area contributed by atoms with Gasteiger partial charge >= 0.3 is 0 Å². The van der Waals surface area contributed by atoms with Crippen LogP contribution in [0.5, 0.6) is 0 Å². The van der Waals surface area contributed by atoms with Crippen LogP contribution >= 0.6 is 11.6 Å². The Morgan fingerprint density at radius 1 is 1.53 bits per heavy atom. The van der Waals surface area contributed by atoms with Crippen molar-refractivity contribution in [2.24, 2.45) is 5.92 Å². The van der Waals surface area contributed by atoms with Gasteiger partial charge in [0.2, 0.25) is 0 Å². The molecule has 1 saturated heterocycles. The van der Waals surface area contributed by atoms with Crippen LogP contribution in [0.15, 0.2) is 12.1 Å². The quantitative estimate of drug-likeness (QED) is 0.814. The summed E-state index contributed by atoms with van der Waals surface area (Å²) in [6, 6.07) is 3.71. The lowest BCUT2D eigenvalue weighted by Crippen LogP contribution is -2.19. The zero-order valence-corrected chi connectivity index (χ0v) is 11.2. The Kier molecular flexibility index (Phi) is 3.79. The summed E-state index contributed by atoms with van der Waals surface area (Å²) in [6.45, 7) is 5.32. The third-order valence-corrected chi connectivity index (χ3v) is 3.90. The Hall–Kier alpha value is -0.930. The summed E-state index contributed by atoms with van der Waals surface area (Å²) >= 11 is 6.10. The number of nitrogen functional groups attached to an aromatic ring is 1. The molecule has 0 saturated carbocycles. The molecule has 2 rings (SSSR count). The molecule has 1 heterocycles. The number of likely N-dealkylation sites (tertiary alicyclic amines) is 1. The molecule has 0 aromatic heterocycles. The van der Waals surface area contributed by atoms with E-state index >= 15 is 0 Å². The minimum atomic E-state index is 0.706. The van der Waals surface area contributed by atoms with Gasteiger partial charge in [-0.25, -0.2) is 0 Å².